The fraction of sp³-hybridized carbons (Fsp3) is 0.143. The second-order valence-electron chi connectivity index (χ2n) is 5.69. The van der Waals surface area contributed by atoms with E-state index in [9.17, 15) is 4.79 Å². The summed E-state index contributed by atoms with van der Waals surface area (Å²) in [7, 11) is 1.61. The van der Waals surface area contributed by atoms with Crippen LogP contribution in [-0.4, -0.2) is 18.0 Å². The van der Waals surface area contributed by atoms with Gasteiger partial charge in [0.1, 0.15) is 5.75 Å². The van der Waals surface area contributed by atoms with E-state index in [1.807, 2.05) is 54.6 Å². The fourth-order valence-electron chi connectivity index (χ4n) is 2.49. The zero-order valence-corrected chi connectivity index (χ0v) is 14.5. The van der Waals surface area contributed by atoms with Crippen molar-refractivity contribution in [2.75, 3.05) is 7.11 Å². The number of nitrogens with one attached hydrogen (secondary N) is 1. The van der Waals surface area contributed by atoms with Gasteiger partial charge in [-0.25, -0.2) is 4.98 Å². The van der Waals surface area contributed by atoms with Crippen molar-refractivity contribution in [2.45, 2.75) is 13.2 Å². The number of benzene rings is 2. The highest BCUT2D eigenvalue weighted by atomic mass is 16.5. The molecule has 0 bridgehead atoms. The topological polar surface area (TPSA) is 60.5 Å². The summed E-state index contributed by atoms with van der Waals surface area (Å²) in [6.45, 7) is 0.787. The maximum atomic E-state index is 12.4. The van der Waals surface area contributed by atoms with Crippen molar-refractivity contribution >= 4 is 5.91 Å². The molecule has 2 aromatic carbocycles. The first-order valence-electron chi connectivity index (χ1n) is 8.29. The van der Waals surface area contributed by atoms with Gasteiger partial charge in [-0.3, -0.25) is 4.79 Å². The highest BCUT2D eigenvalue weighted by molar-refractivity contribution is 5.95. The average Bonchev–Trinajstić information content (AvgIpc) is 2.69. The number of amides is 1. The van der Waals surface area contributed by atoms with Crippen molar-refractivity contribution in [1.82, 2.24) is 10.3 Å². The quantitative estimate of drug-likeness (QED) is 0.702. The molecule has 132 valence electrons. The minimum absolute atomic E-state index is 0.137. The molecule has 26 heavy (non-hydrogen) atoms. The van der Waals surface area contributed by atoms with Crippen LogP contribution in [0.5, 0.6) is 11.6 Å². The molecule has 0 saturated carbocycles. The van der Waals surface area contributed by atoms with Crippen LogP contribution in [0.2, 0.25) is 0 Å². The van der Waals surface area contributed by atoms with Gasteiger partial charge in [0.25, 0.3) is 5.91 Å². The van der Waals surface area contributed by atoms with Crippen LogP contribution in [-0.2, 0) is 17.9 Å². The van der Waals surface area contributed by atoms with E-state index in [0.29, 0.717) is 24.6 Å². The SMILES string of the molecule is COCc1ccccc1C(=O)NCc1ccc(Oc2ccccc2)nc1. The monoisotopic (exact) mass is 348 g/mol. The van der Waals surface area contributed by atoms with Crippen LogP contribution in [0.1, 0.15) is 21.5 Å². The van der Waals surface area contributed by atoms with E-state index in [1.165, 1.54) is 0 Å². The molecule has 1 N–H and O–H groups in total. The number of hydrogen-bond donors (Lipinski definition) is 1. The number of carbonyl (C=O) groups is 1. The Morgan fingerprint density at radius 2 is 1.77 bits per heavy atom. The van der Waals surface area contributed by atoms with Gasteiger partial charge in [0.05, 0.1) is 6.61 Å². The van der Waals surface area contributed by atoms with Gasteiger partial charge in [0, 0.05) is 31.5 Å². The molecule has 0 unspecified atom stereocenters. The molecule has 3 rings (SSSR count). The lowest BCUT2D eigenvalue weighted by molar-refractivity contribution is 0.0946. The zero-order valence-electron chi connectivity index (χ0n) is 14.5. The molecule has 0 saturated heterocycles. The number of hydrogen-bond acceptors (Lipinski definition) is 4. The Bertz CT molecular complexity index is 849. The van der Waals surface area contributed by atoms with Gasteiger partial charge in [0.2, 0.25) is 5.88 Å². The van der Waals surface area contributed by atoms with Crippen LogP contribution < -0.4 is 10.1 Å². The molecule has 0 aliphatic rings. The number of para-hydroxylation sites is 1. The van der Waals surface area contributed by atoms with E-state index in [-0.39, 0.29) is 5.91 Å². The summed E-state index contributed by atoms with van der Waals surface area (Å²) < 4.78 is 10.8. The molecule has 3 aromatic rings. The third-order valence-corrected chi connectivity index (χ3v) is 3.78. The summed E-state index contributed by atoms with van der Waals surface area (Å²) >= 11 is 0. The summed E-state index contributed by atoms with van der Waals surface area (Å²) in [4.78, 5) is 16.7. The predicted molar refractivity (Wildman–Crippen MR) is 99.1 cm³/mol. The van der Waals surface area contributed by atoms with Crippen LogP contribution in [0.25, 0.3) is 0 Å². The second kappa shape index (κ2) is 8.78. The number of nitrogens with zero attached hydrogens (tertiary/aromatic N) is 1. The smallest absolute Gasteiger partial charge is 0.251 e. The average molecular weight is 348 g/mol. The molecule has 0 radical (unpaired) electrons. The third kappa shape index (κ3) is 4.68. The van der Waals surface area contributed by atoms with Crippen LogP contribution in [0.4, 0.5) is 0 Å². The molecule has 0 atom stereocenters. The molecule has 0 aliphatic heterocycles. The molecule has 5 heteroatoms. The van der Waals surface area contributed by atoms with Crippen LogP contribution in [0.3, 0.4) is 0 Å². The number of ether oxygens (including phenoxy) is 2. The lowest BCUT2D eigenvalue weighted by Crippen LogP contribution is -2.24. The number of rotatable bonds is 7. The number of pyridine rings is 1. The lowest BCUT2D eigenvalue weighted by Gasteiger charge is -2.10. The first-order chi connectivity index (χ1) is 12.8. The van der Waals surface area contributed by atoms with Crippen LogP contribution in [0, 0.1) is 0 Å². The van der Waals surface area contributed by atoms with Crippen LogP contribution >= 0.6 is 0 Å². The van der Waals surface area contributed by atoms with Gasteiger partial charge in [-0.1, -0.05) is 42.5 Å². The molecule has 1 aromatic heterocycles. The summed E-state index contributed by atoms with van der Waals surface area (Å²) in [6.07, 6.45) is 1.69. The summed E-state index contributed by atoms with van der Waals surface area (Å²) in [5, 5.41) is 2.91. The van der Waals surface area contributed by atoms with E-state index in [4.69, 9.17) is 9.47 Å². The van der Waals surface area contributed by atoms with Crippen molar-refractivity contribution < 1.29 is 14.3 Å². The van der Waals surface area contributed by atoms with E-state index in [1.54, 1.807) is 25.4 Å². The van der Waals surface area contributed by atoms with E-state index in [2.05, 4.69) is 10.3 Å². The summed E-state index contributed by atoms with van der Waals surface area (Å²) in [6, 6.07) is 20.5. The molecular weight excluding hydrogens is 328 g/mol. The molecule has 5 nitrogen and oxygen atoms in total. The maximum absolute atomic E-state index is 12.4. The third-order valence-electron chi connectivity index (χ3n) is 3.78. The Balaban J connectivity index is 1.59. The standard InChI is InChI=1S/C21H20N2O3/c1-25-15-17-7-5-6-10-19(17)21(24)23-14-16-11-12-20(22-13-16)26-18-8-3-2-4-9-18/h2-13H,14-15H2,1H3,(H,23,24). The van der Waals surface area contributed by atoms with Gasteiger partial charge >= 0.3 is 0 Å². The van der Waals surface area contributed by atoms with Gasteiger partial charge in [-0.2, -0.15) is 0 Å². The van der Waals surface area contributed by atoms with E-state index >= 15 is 0 Å². The molecule has 0 fully saturated rings. The Morgan fingerprint density at radius 3 is 2.50 bits per heavy atom. The zero-order chi connectivity index (χ0) is 18.2. The van der Waals surface area contributed by atoms with E-state index in [0.717, 1.165) is 16.9 Å². The normalized spacial score (nSPS) is 10.3. The van der Waals surface area contributed by atoms with Crippen molar-refractivity contribution in [3.8, 4) is 11.6 Å². The predicted octanol–water partition coefficient (Wildman–Crippen LogP) is 3.95. The summed E-state index contributed by atoms with van der Waals surface area (Å²) in [5.41, 5.74) is 2.37. The van der Waals surface area contributed by atoms with Crippen molar-refractivity contribution in [3.63, 3.8) is 0 Å². The Kier molecular flexibility index (Phi) is 5.96. The first kappa shape index (κ1) is 17.6. The molecule has 1 heterocycles. The first-order valence-corrected chi connectivity index (χ1v) is 8.29. The molecule has 0 aliphatic carbocycles. The van der Waals surface area contributed by atoms with Gasteiger partial charge in [-0.15, -0.1) is 0 Å². The molecule has 0 spiro atoms. The second-order valence-corrected chi connectivity index (χ2v) is 5.69. The van der Waals surface area contributed by atoms with Gasteiger partial charge < -0.3 is 14.8 Å². The van der Waals surface area contributed by atoms with E-state index < -0.39 is 0 Å². The summed E-state index contributed by atoms with van der Waals surface area (Å²) in [5.74, 6) is 1.11. The highest BCUT2D eigenvalue weighted by Gasteiger charge is 2.10. The lowest BCUT2D eigenvalue weighted by atomic mass is 10.1. The van der Waals surface area contributed by atoms with Gasteiger partial charge in [0.15, 0.2) is 0 Å². The number of methoxy groups -OCH3 is 1. The Morgan fingerprint density at radius 1 is 1.00 bits per heavy atom. The van der Waals surface area contributed by atoms with Crippen LogP contribution in [0.15, 0.2) is 72.9 Å². The largest absolute Gasteiger partial charge is 0.439 e. The molecule has 1 amide bonds. The number of carbonyl (C=O) groups excluding carboxylic acids is 1. The maximum Gasteiger partial charge on any atom is 0.251 e. The molecular formula is C21H20N2O3. The number of aromatic nitrogens is 1. The van der Waals surface area contributed by atoms with Crippen molar-refractivity contribution in [2.24, 2.45) is 0 Å². The fourth-order valence-corrected chi connectivity index (χ4v) is 2.49. The highest BCUT2D eigenvalue weighted by Crippen LogP contribution is 2.18. The van der Waals surface area contributed by atoms with Gasteiger partial charge in [-0.05, 0) is 29.3 Å². The van der Waals surface area contributed by atoms with Crippen molar-refractivity contribution in [3.05, 3.63) is 89.6 Å². The minimum atomic E-state index is -0.137. The Hall–Kier alpha value is -3.18. The van der Waals surface area contributed by atoms with Crippen molar-refractivity contribution in [1.29, 1.82) is 0 Å². The Labute approximate surface area is 152 Å². The minimum Gasteiger partial charge on any atom is -0.439 e.